The summed E-state index contributed by atoms with van der Waals surface area (Å²) in [7, 11) is 0. The van der Waals surface area contributed by atoms with Crippen LogP contribution in [0.2, 0.25) is 0 Å². The molecule has 0 spiro atoms. The first-order valence-electron chi connectivity index (χ1n) is 7.42. The van der Waals surface area contributed by atoms with Crippen LogP contribution in [0.3, 0.4) is 0 Å². The van der Waals surface area contributed by atoms with Gasteiger partial charge in [0.1, 0.15) is 0 Å². The number of hydrogen-bond acceptors (Lipinski definition) is 4. The highest BCUT2D eigenvalue weighted by Gasteiger charge is 2.33. The lowest BCUT2D eigenvalue weighted by Gasteiger charge is -2.31. The molecule has 2 aliphatic heterocycles. The second-order valence-corrected chi connectivity index (χ2v) is 5.83. The molecule has 3 rings (SSSR count). The van der Waals surface area contributed by atoms with Crippen LogP contribution in [0.15, 0.2) is 18.2 Å². The van der Waals surface area contributed by atoms with Crippen molar-refractivity contribution >= 4 is 11.4 Å². The van der Waals surface area contributed by atoms with Crippen molar-refractivity contribution in [2.45, 2.75) is 44.7 Å². The fraction of sp³-hybridized carbons (Fsp3) is 0.600. The average molecular weight is 275 g/mol. The van der Waals surface area contributed by atoms with Crippen molar-refractivity contribution in [3.05, 3.63) is 33.9 Å². The molecule has 2 saturated heterocycles. The van der Waals surface area contributed by atoms with Gasteiger partial charge in [-0.1, -0.05) is 0 Å². The highest BCUT2D eigenvalue weighted by molar-refractivity contribution is 5.56. The van der Waals surface area contributed by atoms with Gasteiger partial charge in [-0.3, -0.25) is 10.1 Å². The van der Waals surface area contributed by atoms with E-state index in [4.69, 9.17) is 0 Å². The average Bonchev–Trinajstić information content (AvgIpc) is 3.09. The van der Waals surface area contributed by atoms with E-state index in [1.54, 1.807) is 6.07 Å². The first-order valence-corrected chi connectivity index (χ1v) is 7.42. The molecule has 0 saturated carbocycles. The fourth-order valence-corrected chi connectivity index (χ4v) is 3.59. The third-order valence-corrected chi connectivity index (χ3v) is 4.57. The maximum atomic E-state index is 10.9. The van der Waals surface area contributed by atoms with Crippen molar-refractivity contribution < 1.29 is 4.92 Å². The van der Waals surface area contributed by atoms with Crippen LogP contribution >= 0.6 is 0 Å². The van der Waals surface area contributed by atoms with Crippen LogP contribution in [-0.4, -0.2) is 30.1 Å². The molecule has 0 amide bonds. The van der Waals surface area contributed by atoms with Gasteiger partial charge in [0.2, 0.25) is 0 Å². The Bertz CT molecular complexity index is 512. The topological polar surface area (TPSA) is 58.4 Å². The fourth-order valence-electron chi connectivity index (χ4n) is 3.59. The molecule has 0 aromatic heterocycles. The lowest BCUT2D eigenvalue weighted by molar-refractivity contribution is -0.385. The van der Waals surface area contributed by atoms with Gasteiger partial charge in [-0.25, -0.2) is 0 Å². The standard InChI is InChI=1S/C15H21N3O2/c1-11-10-12(6-7-14(11)18(19)20)17-9-3-5-15(17)13-4-2-8-16-13/h6-7,10,13,15-16H,2-5,8-9H2,1H3. The van der Waals surface area contributed by atoms with Gasteiger partial charge in [0, 0.05) is 35.9 Å². The first-order chi connectivity index (χ1) is 9.66. The SMILES string of the molecule is Cc1cc(N2CCCC2C2CCCN2)ccc1[N+](=O)[O-]. The van der Waals surface area contributed by atoms with E-state index in [2.05, 4.69) is 10.2 Å². The Kier molecular flexibility index (Phi) is 3.61. The molecule has 1 N–H and O–H groups in total. The molecule has 0 bridgehead atoms. The molecule has 1 aromatic rings. The molecule has 0 aliphatic carbocycles. The van der Waals surface area contributed by atoms with Gasteiger partial charge in [-0.2, -0.15) is 0 Å². The van der Waals surface area contributed by atoms with Crippen LogP contribution in [-0.2, 0) is 0 Å². The molecule has 2 heterocycles. The molecule has 2 aliphatic rings. The highest BCUT2D eigenvalue weighted by atomic mass is 16.6. The third kappa shape index (κ3) is 2.38. The smallest absolute Gasteiger partial charge is 0.272 e. The van der Waals surface area contributed by atoms with E-state index in [0.717, 1.165) is 24.3 Å². The van der Waals surface area contributed by atoms with E-state index in [9.17, 15) is 10.1 Å². The van der Waals surface area contributed by atoms with Gasteiger partial charge in [-0.05, 0) is 51.3 Å². The summed E-state index contributed by atoms with van der Waals surface area (Å²) < 4.78 is 0. The number of nitro benzene ring substituents is 1. The van der Waals surface area contributed by atoms with Gasteiger partial charge < -0.3 is 10.2 Å². The van der Waals surface area contributed by atoms with Crippen LogP contribution in [0.1, 0.15) is 31.2 Å². The van der Waals surface area contributed by atoms with Gasteiger partial charge in [0.25, 0.3) is 5.69 Å². The monoisotopic (exact) mass is 275 g/mol. The van der Waals surface area contributed by atoms with E-state index in [1.165, 1.54) is 25.7 Å². The largest absolute Gasteiger partial charge is 0.367 e. The number of benzene rings is 1. The lowest BCUT2D eigenvalue weighted by Crippen LogP contribution is -2.44. The predicted molar refractivity (Wildman–Crippen MR) is 79.2 cm³/mol. The Hall–Kier alpha value is -1.62. The van der Waals surface area contributed by atoms with Crippen LogP contribution < -0.4 is 10.2 Å². The summed E-state index contributed by atoms with van der Waals surface area (Å²) in [5.74, 6) is 0. The van der Waals surface area contributed by atoms with Crippen molar-refractivity contribution in [2.24, 2.45) is 0 Å². The number of hydrogen-bond donors (Lipinski definition) is 1. The van der Waals surface area contributed by atoms with E-state index in [-0.39, 0.29) is 10.6 Å². The van der Waals surface area contributed by atoms with Crippen molar-refractivity contribution in [2.75, 3.05) is 18.0 Å². The van der Waals surface area contributed by atoms with Crippen LogP contribution in [0.4, 0.5) is 11.4 Å². The molecule has 2 unspecified atom stereocenters. The van der Waals surface area contributed by atoms with E-state index < -0.39 is 0 Å². The molecule has 2 atom stereocenters. The van der Waals surface area contributed by atoms with E-state index in [1.807, 2.05) is 19.1 Å². The number of anilines is 1. The van der Waals surface area contributed by atoms with Crippen molar-refractivity contribution in [1.82, 2.24) is 5.32 Å². The van der Waals surface area contributed by atoms with E-state index in [0.29, 0.717) is 12.1 Å². The molecule has 2 fully saturated rings. The molecular weight excluding hydrogens is 254 g/mol. The second kappa shape index (κ2) is 5.40. The maximum absolute atomic E-state index is 10.9. The summed E-state index contributed by atoms with van der Waals surface area (Å²) in [6.45, 7) is 3.99. The molecule has 0 radical (unpaired) electrons. The summed E-state index contributed by atoms with van der Waals surface area (Å²) in [5, 5.41) is 14.5. The second-order valence-electron chi connectivity index (χ2n) is 5.83. The van der Waals surface area contributed by atoms with E-state index >= 15 is 0 Å². The van der Waals surface area contributed by atoms with Crippen LogP contribution in [0.25, 0.3) is 0 Å². The highest BCUT2D eigenvalue weighted by Crippen LogP contribution is 2.32. The zero-order valence-electron chi connectivity index (χ0n) is 11.8. The lowest BCUT2D eigenvalue weighted by atomic mass is 10.0. The zero-order chi connectivity index (χ0) is 14.1. The normalized spacial score (nSPS) is 26.1. The van der Waals surface area contributed by atoms with Crippen molar-refractivity contribution in [3.8, 4) is 0 Å². The van der Waals surface area contributed by atoms with Gasteiger partial charge >= 0.3 is 0 Å². The first kappa shape index (κ1) is 13.4. The third-order valence-electron chi connectivity index (χ3n) is 4.57. The van der Waals surface area contributed by atoms with Crippen LogP contribution in [0.5, 0.6) is 0 Å². The summed E-state index contributed by atoms with van der Waals surface area (Å²) in [4.78, 5) is 13.0. The molecule has 1 aromatic carbocycles. The number of aryl methyl sites for hydroxylation is 1. The molecule has 5 heteroatoms. The Morgan fingerprint density at radius 3 is 2.85 bits per heavy atom. The minimum absolute atomic E-state index is 0.212. The number of nitrogens with zero attached hydrogens (tertiary/aromatic N) is 2. The Morgan fingerprint density at radius 2 is 2.20 bits per heavy atom. The predicted octanol–water partition coefficient (Wildman–Crippen LogP) is 2.62. The van der Waals surface area contributed by atoms with Gasteiger partial charge in [-0.15, -0.1) is 0 Å². The molecule has 5 nitrogen and oxygen atoms in total. The summed E-state index contributed by atoms with van der Waals surface area (Å²) in [6, 6.07) is 6.62. The Labute approximate surface area is 119 Å². The number of nitrogens with one attached hydrogen (secondary N) is 1. The number of rotatable bonds is 3. The van der Waals surface area contributed by atoms with Crippen molar-refractivity contribution in [3.63, 3.8) is 0 Å². The summed E-state index contributed by atoms with van der Waals surface area (Å²) in [5.41, 5.74) is 2.09. The minimum Gasteiger partial charge on any atom is -0.367 e. The molecule has 108 valence electrons. The zero-order valence-corrected chi connectivity index (χ0v) is 11.8. The summed E-state index contributed by atoms with van der Waals surface area (Å²) in [6.07, 6.45) is 4.92. The van der Waals surface area contributed by atoms with Gasteiger partial charge in [0.05, 0.1) is 4.92 Å². The Morgan fingerprint density at radius 1 is 1.35 bits per heavy atom. The molecular formula is C15H21N3O2. The maximum Gasteiger partial charge on any atom is 0.272 e. The van der Waals surface area contributed by atoms with Crippen LogP contribution in [0, 0.1) is 17.0 Å². The molecule has 20 heavy (non-hydrogen) atoms. The van der Waals surface area contributed by atoms with Crippen molar-refractivity contribution in [1.29, 1.82) is 0 Å². The minimum atomic E-state index is -0.306. The quantitative estimate of drug-likeness (QED) is 0.680. The number of nitro groups is 1. The Balaban J connectivity index is 1.84. The summed E-state index contributed by atoms with van der Waals surface area (Å²) >= 11 is 0. The van der Waals surface area contributed by atoms with Gasteiger partial charge in [0.15, 0.2) is 0 Å².